The van der Waals surface area contributed by atoms with Crippen LogP contribution in [-0.2, 0) is 10.0 Å². The molecule has 1 N–H and O–H groups in total. The van der Waals surface area contributed by atoms with E-state index in [0.717, 1.165) is 30.1 Å². The van der Waals surface area contributed by atoms with Crippen molar-refractivity contribution in [2.45, 2.75) is 56.3 Å². The molecular formula is C21H29N5O3S. The zero-order valence-electron chi connectivity index (χ0n) is 18.0. The van der Waals surface area contributed by atoms with Gasteiger partial charge in [-0.15, -0.1) is 0 Å². The Kier molecular flexibility index (Phi) is 5.44. The number of aryl methyl sites for hydroxylation is 1. The summed E-state index contributed by atoms with van der Waals surface area (Å²) in [6.07, 6.45) is 3.98. The van der Waals surface area contributed by atoms with E-state index in [9.17, 15) is 13.2 Å². The molecule has 2 aromatic rings. The molecule has 8 nitrogen and oxygen atoms in total. The van der Waals surface area contributed by atoms with E-state index in [1.165, 1.54) is 37.3 Å². The number of nitrogens with one attached hydrogen (secondary N) is 1. The zero-order chi connectivity index (χ0) is 21.6. The number of aromatic amines is 1. The van der Waals surface area contributed by atoms with Gasteiger partial charge in [-0.05, 0) is 62.8 Å². The van der Waals surface area contributed by atoms with Gasteiger partial charge in [-0.25, -0.2) is 17.7 Å². The van der Waals surface area contributed by atoms with Crippen molar-refractivity contribution in [1.82, 2.24) is 24.4 Å². The molecule has 2 aliphatic rings. The molecule has 1 aromatic heterocycles. The predicted molar refractivity (Wildman–Crippen MR) is 113 cm³/mol. The Balaban J connectivity index is 1.49. The van der Waals surface area contributed by atoms with E-state index in [4.69, 9.17) is 0 Å². The van der Waals surface area contributed by atoms with Gasteiger partial charge in [0.25, 0.3) is 5.91 Å². The number of benzene rings is 1. The molecule has 1 aromatic carbocycles. The van der Waals surface area contributed by atoms with Gasteiger partial charge >= 0.3 is 0 Å². The summed E-state index contributed by atoms with van der Waals surface area (Å²) in [7, 11) is -0.615. The molecular weight excluding hydrogens is 402 g/mol. The number of carbonyl (C=O) groups excluding carboxylic acids is 1. The fraction of sp³-hybridized carbons (Fsp3) is 0.571. The van der Waals surface area contributed by atoms with Gasteiger partial charge in [0, 0.05) is 44.6 Å². The third kappa shape index (κ3) is 3.88. The van der Waals surface area contributed by atoms with E-state index in [-0.39, 0.29) is 16.7 Å². The summed E-state index contributed by atoms with van der Waals surface area (Å²) in [5.41, 5.74) is 1.90. The summed E-state index contributed by atoms with van der Waals surface area (Å²) in [5.74, 6) is 2.53. The molecule has 162 valence electrons. The number of nitrogens with zero attached hydrogens (tertiary/aromatic N) is 4. The quantitative estimate of drug-likeness (QED) is 0.784. The number of hydrogen-bond donors (Lipinski definition) is 1. The average Bonchev–Trinajstić information content (AvgIpc) is 3.46. The second-order valence-electron chi connectivity index (χ2n) is 8.62. The van der Waals surface area contributed by atoms with Gasteiger partial charge in [0.15, 0.2) is 5.82 Å². The number of amides is 1. The molecule has 1 saturated carbocycles. The molecule has 1 amide bonds. The second kappa shape index (κ2) is 7.77. The molecule has 0 atom stereocenters. The minimum absolute atomic E-state index is 0.122. The van der Waals surface area contributed by atoms with Crippen molar-refractivity contribution in [1.29, 1.82) is 0 Å². The van der Waals surface area contributed by atoms with Gasteiger partial charge in [-0.1, -0.05) is 0 Å². The van der Waals surface area contributed by atoms with Crippen LogP contribution in [0.1, 0.15) is 70.7 Å². The first kappa shape index (κ1) is 21.0. The minimum Gasteiger partial charge on any atom is -0.339 e. The van der Waals surface area contributed by atoms with E-state index >= 15 is 0 Å². The Morgan fingerprint density at radius 3 is 2.37 bits per heavy atom. The number of hydrogen-bond acceptors (Lipinski definition) is 5. The molecule has 0 bridgehead atoms. The molecule has 1 saturated heterocycles. The van der Waals surface area contributed by atoms with E-state index in [1.54, 1.807) is 13.0 Å². The number of H-pyrrole nitrogens is 1. The first-order chi connectivity index (χ1) is 14.2. The lowest BCUT2D eigenvalue weighted by atomic mass is 9.95. The van der Waals surface area contributed by atoms with E-state index in [1.807, 2.05) is 11.8 Å². The zero-order valence-corrected chi connectivity index (χ0v) is 18.8. The van der Waals surface area contributed by atoms with Crippen molar-refractivity contribution in [2.75, 3.05) is 27.2 Å². The Hall–Kier alpha value is -2.26. The molecule has 0 unspecified atom stereocenters. The Labute approximate surface area is 177 Å². The molecule has 2 heterocycles. The maximum Gasteiger partial charge on any atom is 0.253 e. The summed E-state index contributed by atoms with van der Waals surface area (Å²) in [6, 6.07) is 3.31. The molecule has 1 aliphatic carbocycles. The number of carbonyl (C=O) groups is 1. The molecule has 0 radical (unpaired) electrons. The van der Waals surface area contributed by atoms with Gasteiger partial charge in [0.2, 0.25) is 10.0 Å². The largest absolute Gasteiger partial charge is 0.339 e. The van der Waals surface area contributed by atoms with Crippen LogP contribution in [0.2, 0.25) is 0 Å². The van der Waals surface area contributed by atoms with Gasteiger partial charge in [0.05, 0.1) is 4.90 Å². The number of aromatic nitrogens is 3. The van der Waals surface area contributed by atoms with Crippen LogP contribution in [0.5, 0.6) is 0 Å². The average molecular weight is 432 g/mol. The van der Waals surface area contributed by atoms with Gasteiger partial charge < -0.3 is 4.90 Å². The van der Waals surface area contributed by atoms with Gasteiger partial charge in [-0.2, -0.15) is 5.10 Å². The molecule has 4 rings (SSSR count). The first-order valence-corrected chi connectivity index (χ1v) is 11.9. The second-order valence-corrected chi connectivity index (χ2v) is 10.7. The highest BCUT2D eigenvalue weighted by molar-refractivity contribution is 7.89. The SMILES string of the molecule is Cc1cc(C(=O)N2CCC(c3nc(C4CC4)n[nH]3)CC2)cc(S(=O)(=O)N(C)C)c1C. The Morgan fingerprint density at radius 2 is 1.77 bits per heavy atom. The lowest BCUT2D eigenvalue weighted by molar-refractivity contribution is 0.0710. The third-order valence-corrected chi connectivity index (χ3v) is 8.20. The van der Waals surface area contributed by atoms with Gasteiger partial charge in [-0.3, -0.25) is 9.89 Å². The van der Waals surface area contributed by atoms with Crippen molar-refractivity contribution >= 4 is 15.9 Å². The minimum atomic E-state index is -3.62. The number of rotatable bonds is 5. The fourth-order valence-electron chi connectivity index (χ4n) is 3.95. The van der Waals surface area contributed by atoms with Crippen molar-refractivity contribution in [3.63, 3.8) is 0 Å². The summed E-state index contributed by atoms with van der Waals surface area (Å²) in [6.45, 7) is 4.85. The van der Waals surface area contributed by atoms with E-state index in [2.05, 4.69) is 15.2 Å². The molecule has 1 aliphatic heterocycles. The van der Waals surface area contributed by atoms with E-state index < -0.39 is 10.0 Å². The monoisotopic (exact) mass is 431 g/mol. The summed E-state index contributed by atoms with van der Waals surface area (Å²) in [4.78, 5) is 19.8. The third-order valence-electron chi connectivity index (χ3n) is 6.26. The Bertz CT molecular complexity index is 1060. The lowest BCUT2D eigenvalue weighted by Gasteiger charge is -2.31. The predicted octanol–water partition coefficient (Wildman–Crippen LogP) is 2.57. The first-order valence-electron chi connectivity index (χ1n) is 10.4. The van der Waals surface area contributed by atoms with Crippen LogP contribution >= 0.6 is 0 Å². The topological polar surface area (TPSA) is 99.3 Å². The maximum absolute atomic E-state index is 13.1. The summed E-state index contributed by atoms with van der Waals surface area (Å²) >= 11 is 0. The van der Waals surface area contributed by atoms with Crippen molar-refractivity contribution in [3.05, 3.63) is 40.5 Å². The highest BCUT2D eigenvalue weighted by Crippen LogP contribution is 2.38. The number of likely N-dealkylation sites (tertiary alicyclic amines) is 1. The number of piperidine rings is 1. The van der Waals surface area contributed by atoms with Crippen LogP contribution in [-0.4, -0.2) is 65.9 Å². The fourth-order valence-corrected chi connectivity index (χ4v) is 5.17. The summed E-state index contributed by atoms with van der Waals surface area (Å²) in [5, 5.41) is 7.43. The molecule has 30 heavy (non-hydrogen) atoms. The molecule has 9 heteroatoms. The van der Waals surface area contributed by atoms with Crippen LogP contribution in [0.15, 0.2) is 17.0 Å². The normalized spacial score (nSPS) is 18.2. The molecule has 0 spiro atoms. The van der Waals surface area contributed by atoms with Crippen LogP contribution < -0.4 is 0 Å². The molecule has 2 fully saturated rings. The van der Waals surface area contributed by atoms with Crippen LogP contribution in [0.25, 0.3) is 0 Å². The highest BCUT2D eigenvalue weighted by Gasteiger charge is 2.31. The van der Waals surface area contributed by atoms with Crippen molar-refractivity contribution in [3.8, 4) is 0 Å². The Morgan fingerprint density at radius 1 is 1.10 bits per heavy atom. The lowest BCUT2D eigenvalue weighted by Crippen LogP contribution is -2.38. The van der Waals surface area contributed by atoms with E-state index in [0.29, 0.717) is 30.1 Å². The van der Waals surface area contributed by atoms with Crippen LogP contribution in [0, 0.1) is 13.8 Å². The maximum atomic E-state index is 13.1. The number of sulfonamides is 1. The van der Waals surface area contributed by atoms with Crippen LogP contribution in [0.3, 0.4) is 0 Å². The van der Waals surface area contributed by atoms with Crippen LogP contribution in [0.4, 0.5) is 0 Å². The smallest absolute Gasteiger partial charge is 0.253 e. The standard InChI is InChI=1S/C21H29N5O3S/c1-13-11-17(12-18(14(13)2)30(28,29)25(3)4)21(27)26-9-7-16(8-10-26)20-22-19(23-24-20)15-5-6-15/h11-12,15-16H,5-10H2,1-4H3,(H,22,23,24). The van der Waals surface area contributed by atoms with Gasteiger partial charge in [0.1, 0.15) is 5.82 Å². The van der Waals surface area contributed by atoms with Crippen molar-refractivity contribution < 1.29 is 13.2 Å². The highest BCUT2D eigenvalue weighted by atomic mass is 32.2. The van der Waals surface area contributed by atoms with Crippen molar-refractivity contribution in [2.24, 2.45) is 0 Å². The summed E-state index contributed by atoms with van der Waals surface area (Å²) < 4.78 is 26.6.